The highest BCUT2D eigenvalue weighted by Gasteiger charge is 2.13. The highest BCUT2D eigenvalue weighted by Crippen LogP contribution is 2.19. The normalized spacial score (nSPS) is 13.9. The van der Waals surface area contributed by atoms with Gasteiger partial charge in [-0.3, -0.25) is 4.21 Å². The van der Waals surface area contributed by atoms with Crippen molar-refractivity contribution in [1.29, 1.82) is 0 Å². The van der Waals surface area contributed by atoms with Gasteiger partial charge in [-0.15, -0.1) is 0 Å². The van der Waals surface area contributed by atoms with E-state index in [4.69, 9.17) is 4.74 Å². The Bertz CT molecular complexity index is 392. The molecule has 0 bridgehead atoms. The zero-order valence-electron chi connectivity index (χ0n) is 12.9. The van der Waals surface area contributed by atoms with E-state index in [2.05, 4.69) is 38.2 Å². The van der Waals surface area contributed by atoms with Crippen LogP contribution in [-0.4, -0.2) is 28.9 Å². The second-order valence-electron chi connectivity index (χ2n) is 4.84. The maximum Gasteiger partial charge on any atom is 0.119 e. The minimum Gasteiger partial charge on any atom is -0.494 e. The van der Waals surface area contributed by atoms with Crippen LogP contribution >= 0.6 is 0 Å². The largest absolute Gasteiger partial charge is 0.494 e. The molecule has 3 nitrogen and oxygen atoms in total. The standard InChI is InChI=1S/C16H27NO2S/c1-4-11-19-15-9-7-14(8-10-15)16(17-6-3)13-20(18)12-5-2/h7-10,16-17H,4-6,11-13H2,1-3H3. The van der Waals surface area contributed by atoms with Gasteiger partial charge in [-0.1, -0.05) is 32.9 Å². The van der Waals surface area contributed by atoms with E-state index in [-0.39, 0.29) is 6.04 Å². The summed E-state index contributed by atoms with van der Waals surface area (Å²) in [6.45, 7) is 7.87. The number of hydrogen-bond acceptors (Lipinski definition) is 3. The lowest BCUT2D eigenvalue weighted by Crippen LogP contribution is -2.26. The Morgan fingerprint density at radius 1 is 1.15 bits per heavy atom. The number of rotatable bonds is 10. The molecule has 0 aliphatic carbocycles. The van der Waals surface area contributed by atoms with Crippen LogP contribution in [0, 0.1) is 0 Å². The van der Waals surface area contributed by atoms with Crippen molar-refractivity contribution < 1.29 is 8.95 Å². The highest BCUT2D eigenvalue weighted by molar-refractivity contribution is 7.85. The second-order valence-corrected chi connectivity index (χ2v) is 6.46. The van der Waals surface area contributed by atoms with Crippen molar-refractivity contribution in [2.75, 3.05) is 24.7 Å². The molecule has 0 fully saturated rings. The number of ether oxygens (including phenoxy) is 1. The van der Waals surface area contributed by atoms with Crippen molar-refractivity contribution in [2.24, 2.45) is 0 Å². The van der Waals surface area contributed by atoms with Crippen molar-refractivity contribution in [2.45, 2.75) is 39.7 Å². The van der Waals surface area contributed by atoms with Crippen LogP contribution in [0.5, 0.6) is 5.75 Å². The van der Waals surface area contributed by atoms with E-state index in [1.165, 1.54) is 5.56 Å². The smallest absolute Gasteiger partial charge is 0.119 e. The van der Waals surface area contributed by atoms with Crippen LogP contribution in [0.2, 0.25) is 0 Å². The maximum absolute atomic E-state index is 12.0. The molecule has 2 atom stereocenters. The molecular weight excluding hydrogens is 270 g/mol. The van der Waals surface area contributed by atoms with Crippen LogP contribution in [0.4, 0.5) is 0 Å². The van der Waals surface area contributed by atoms with Gasteiger partial charge in [-0.2, -0.15) is 0 Å². The molecule has 2 unspecified atom stereocenters. The van der Waals surface area contributed by atoms with E-state index >= 15 is 0 Å². The zero-order valence-corrected chi connectivity index (χ0v) is 13.7. The molecule has 0 aliphatic rings. The Morgan fingerprint density at radius 3 is 2.40 bits per heavy atom. The Labute approximate surface area is 125 Å². The maximum atomic E-state index is 12.0. The fourth-order valence-electron chi connectivity index (χ4n) is 2.03. The van der Waals surface area contributed by atoms with E-state index in [1.54, 1.807) is 0 Å². The molecule has 0 saturated carbocycles. The quantitative estimate of drug-likeness (QED) is 0.720. The molecule has 0 amide bonds. The number of benzene rings is 1. The van der Waals surface area contributed by atoms with Crippen LogP contribution in [-0.2, 0) is 10.8 Å². The monoisotopic (exact) mass is 297 g/mol. The summed E-state index contributed by atoms with van der Waals surface area (Å²) in [6.07, 6.45) is 1.98. The molecule has 1 rings (SSSR count). The van der Waals surface area contributed by atoms with Gasteiger partial charge in [0.15, 0.2) is 0 Å². The first-order valence-corrected chi connectivity index (χ1v) is 9.01. The fourth-order valence-corrected chi connectivity index (χ4v) is 3.34. The van der Waals surface area contributed by atoms with Crippen LogP contribution < -0.4 is 10.1 Å². The first kappa shape index (κ1) is 17.2. The molecular formula is C16H27NO2S. The lowest BCUT2D eigenvalue weighted by atomic mass is 10.1. The van der Waals surface area contributed by atoms with Crippen molar-refractivity contribution in [3.63, 3.8) is 0 Å². The predicted octanol–water partition coefficient (Wildman–Crippen LogP) is 3.28. The van der Waals surface area contributed by atoms with Crippen molar-refractivity contribution in [3.05, 3.63) is 29.8 Å². The molecule has 0 radical (unpaired) electrons. The summed E-state index contributed by atoms with van der Waals surface area (Å²) >= 11 is 0. The average molecular weight is 297 g/mol. The predicted molar refractivity (Wildman–Crippen MR) is 86.8 cm³/mol. The Hall–Kier alpha value is -0.870. The Morgan fingerprint density at radius 2 is 1.85 bits per heavy atom. The molecule has 1 aromatic carbocycles. The highest BCUT2D eigenvalue weighted by atomic mass is 32.2. The summed E-state index contributed by atoms with van der Waals surface area (Å²) in [4.78, 5) is 0. The fraction of sp³-hybridized carbons (Fsp3) is 0.625. The lowest BCUT2D eigenvalue weighted by Gasteiger charge is -2.18. The van der Waals surface area contributed by atoms with E-state index in [0.717, 1.165) is 37.5 Å². The van der Waals surface area contributed by atoms with Gasteiger partial charge in [-0.25, -0.2) is 0 Å². The molecule has 4 heteroatoms. The first-order valence-electron chi connectivity index (χ1n) is 7.52. The third-order valence-corrected chi connectivity index (χ3v) is 4.56. The SMILES string of the molecule is CCCOc1ccc(C(CS(=O)CCC)NCC)cc1. The van der Waals surface area contributed by atoms with E-state index in [1.807, 2.05) is 12.1 Å². The van der Waals surface area contributed by atoms with Crippen LogP contribution in [0.3, 0.4) is 0 Å². The molecule has 1 aromatic rings. The van der Waals surface area contributed by atoms with Crippen molar-refractivity contribution >= 4 is 10.8 Å². The Kier molecular flexibility index (Phi) is 8.54. The van der Waals surface area contributed by atoms with Gasteiger partial charge < -0.3 is 10.1 Å². The zero-order chi connectivity index (χ0) is 14.8. The van der Waals surface area contributed by atoms with Crippen LogP contribution in [0.25, 0.3) is 0 Å². The minimum absolute atomic E-state index is 0.160. The Balaban J connectivity index is 2.68. The lowest BCUT2D eigenvalue weighted by molar-refractivity contribution is 0.317. The molecule has 0 aromatic heterocycles. The molecule has 20 heavy (non-hydrogen) atoms. The van der Waals surface area contributed by atoms with Gasteiger partial charge >= 0.3 is 0 Å². The summed E-state index contributed by atoms with van der Waals surface area (Å²) in [5.41, 5.74) is 1.18. The van der Waals surface area contributed by atoms with Gasteiger partial charge in [0.05, 0.1) is 6.61 Å². The minimum atomic E-state index is -0.756. The molecule has 0 heterocycles. The third kappa shape index (κ3) is 6.06. The molecule has 114 valence electrons. The topological polar surface area (TPSA) is 38.3 Å². The van der Waals surface area contributed by atoms with Gasteiger partial charge in [-0.05, 0) is 37.1 Å². The second kappa shape index (κ2) is 9.94. The van der Waals surface area contributed by atoms with Crippen LogP contribution in [0.15, 0.2) is 24.3 Å². The van der Waals surface area contributed by atoms with E-state index in [0.29, 0.717) is 5.75 Å². The molecule has 0 spiro atoms. The van der Waals surface area contributed by atoms with Crippen LogP contribution in [0.1, 0.15) is 45.2 Å². The first-order chi connectivity index (χ1) is 9.71. The van der Waals surface area contributed by atoms with E-state index in [9.17, 15) is 4.21 Å². The summed E-state index contributed by atoms with van der Waals surface area (Å²) < 4.78 is 17.5. The van der Waals surface area contributed by atoms with E-state index < -0.39 is 10.8 Å². The summed E-state index contributed by atoms with van der Waals surface area (Å²) in [6, 6.07) is 8.30. The van der Waals surface area contributed by atoms with Crippen molar-refractivity contribution in [3.8, 4) is 5.75 Å². The molecule has 0 saturated heterocycles. The summed E-state index contributed by atoms with van der Waals surface area (Å²) in [7, 11) is -0.756. The summed E-state index contributed by atoms with van der Waals surface area (Å²) in [5.74, 6) is 2.36. The summed E-state index contributed by atoms with van der Waals surface area (Å²) in [5, 5.41) is 3.42. The number of hydrogen-bond donors (Lipinski definition) is 1. The van der Waals surface area contributed by atoms with Gasteiger partial charge in [0.25, 0.3) is 0 Å². The molecule has 0 aliphatic heterocycles. The van der Waals surface area contributed by atoms with Gasteiger partial charge in [0.1, 0.15) is 5.75 Å². The van der Waals surface area contributed by atoms with Crippen molar-refractivity contribution in [1.82, 2.24) is 5.32 Å². The van der Waals surface area contributed by atoms with Gasteiger partial charge in [0.2, 0.25) is 0 Å². The number of nitrogens with one attached hydrogen (secondary N) is 1. The van der Waals surface area contributed by atoms with Gasteiger partial charge in [0, 0.05) is 28.3 Å². The average Bonchev–Trinajstić information content (AvgIpc) is 2.45. The molecule has 1 N–H and O–H groups in total. The third-order valence-electron chi connectivity index (χ3n) is 2.99.